The minimum Gasteiger partial charge on any atom is -0.454 e. The van der Waals surface area contributed by atoms with Crippen molar-refractivity contribution in [2.45, 2.75) is 64.2 Å². The van der Waals surface area contributed by atoms with Gasteiger partial charge in [0.05, 0.1) is 6.54 Å². The van der Waals surface area contributed by atoms with Crippen LogP contribution in [0.5, 0.6) is 11.5 Å². The van der Waals surface area contributed by atoms with Crippen LogP contribution in [0.15, 0.2) is 24.3 Å². The number of hydrogen-bond acceptors (Lipinski definition) is 6. The Labute approximate surface area is 197 Å². The van der Waals surface area contributed by atoms with E-state index in [4.69, 9.17) is 9.47 Å². The summed E-state index contributed by atoms with van der Waals surface area (Å²) in [5.41, 5.74) is 0.223. The van der Waals surface area contributed by atoms with E-state index in [1.165, 1.54) is 10.7 Å². The van der Waals surface area contributed by atoms with Crippen LogP contribution in [0.4, 0.5) is 0 Å². The fraction of sp³-hybridized carbons (Fsp3) is 0.500. The summed E-state index contributed by atoms with van der Waals surface area (Å²) >= 11 is 0. The summed E-state index contributed by atoms with van der Waals surface area (Å²) in [4.78, 5) is 40.9. The normalized spacial score (nSPS) is 21.5. The van der Waals surface area contributed by atoms with Crippen molar-refractivity contribution < 1.29 is 23.9 Å². The van der Waals surface area contributed by atoms with Gasteiger partial charge in [0.15, 0.2) is 17.2 Å². The van der Waals surface area contributed by atoms with E-state index in [-0.39, 0.29) is 43.4 Å². The molecule has 0 radical (unpaired) electrons. The van der Waals surface area contributed by atoms with Crippen LogP contribution in [0.25, 0.3) is 0 Å². The van der Waals surface area contributed by atoms with Crippen LogP contribution < -0.4 is 20.1 Å². The van der Waals surface area contributed by atoms with E-state index in [0.717, 1.165) is 31.2 Å². The molecule has 3 heterocycles. The quantitative estimate of drug-likeness (QED) is 0.670. The topological polar surface area (TPSA) is 115 Å². The molecule has 3 aliphatic rings. The van der Waals surface area contributed by atoms with Crippen LogP contribution in [0, 0.1) is 0 Å². The number of aromatic nitrogens is 2. The van der Waals surface area contributed by atoms with E-state index in [2.05, 4.69) is 15.7 Å². The van der Waals surface area contributed by atoms with E-state index in [0.29, 0.717) is 23.7 Å². The summed E-state index contributed by atoms with van der Waals surface area (Å²) in [6.07, 6.45) is 4.13. The highest BCUT2D eigenvalue weighted by Crippen LogP contribution is 2.32. The lowest BCUT2D eigenvalue weighted by Crippen LogP contribution is -2.64. The SMILES string of the molecule is CCN1C(=O)c2cc(C(=O)NCc3ccc4c(c3)OCO4)nn2C[C@@]1(C)C(=O)NC1CCCC1. The predicted octanol–water partition coefficient (Wildman–Crippen LogP) is 1.83. The third-order valence-corrected chi connectivity index (χ3v) is 6.92. The van der Waals surface area contributed by atoms with Gasteiger partial charge in [-0.05, 0) is 44.4 Å². The minimum atomic E-state index is -1.08. The van der Waals surface area contributed by atoms with Gasteiger partial charge < -0.3 is 25.0 Å². The first kappa shape index (κ1) is 22.2. The average Bonchev–Trinajstić information content (AvgIpc) is 3.58. The molecule has 2 aromatic rings. The molecule has 0 unspecified atom stereocenters. The summed E-state index contributed by atoms with van der Waals surface area (Å²) in [5, 5.41) is 10.3. The van der Waals surface area contributed by atoms with Crippen molar-refractivity contribution in [3.8, 4) is 11.5 Å². The molecule has 34 heavy (non-hydrogen) atoms. The van der Waals surface area contributed by atoms with Gasteiger partial charge in [-0.3, -0.25) is 19.1 Å². The number of hydrogen-bond donors (Lipinski definition) is 2. The smallest absolute Gasteiger partial charge is 0.273 e. The number of amides is 3. The lowest BCUT2D eigenvalue weighted by Gasteiger charge is -2.43. The molecule has 5 rings (SSSR count). The van der Waals surface area contributed by atoms with Crippen LogP contribution in [0.3, 0.4) is 0 Å². The number of nitrogens with one attached hydrogen (secondary N) is 2. The molecule has 0 saturated heterocycles. The first-order valence-corrected chi connectivity index (χ1v) is 11.8. The minimum absolute atomic E-state index is 0.139. The largest absolute Gasteiger partial charge is 0.454 e. The van der Waals surface area contributed by atoms with Gasteiger partial charge in [0.2, 0.25) is 12.7 Å². The number of rotatable bonds is 6. The Morgan fingerprint density at radius 2 is 1.94 bits per heavy atom. The molecule has 1 aromatic heterocycles. The van der Waals surface area contributed by atoms with Crippen molar-refractivity contribution >= 4 is 17.7 Å². The Morgan fingerprint density at radius 1 is 1.18 bits per heavy atom. The number of fused-ring (bicyclic) bond motifs is 2. The monoisotopic (exact) mass is 467 g/mol. The molecule has 2 N–H and O–H groups in total. The molecule has 1 fully saturated rings. The Kier molecular flexibility index (Phi) is 5.66. The maximum absolute atomic E-state index is 13.3. The molecule has 1 saturated carbocycles. The maximum Gasteiger partial charge on any atom is 0.273 e. The van der Waals surface area contributed by atoms with E-state index < -0.39 is 11.4 Å². The van der Waals surface area contributed by atoms with Gasteiger partial charge in [0.1, 0.15) is 11.2 Å². The summed E-state index contributed by atoms with van der Waals surface area (Å²) in [6.45, 7) is 4.65. The Morgan fingerprint density at radius 3 is 2.71 bits per heavy atom. The van der Waals surface area contributed by atoms with Gasteiger partial charge in [0, 0.05) is 25.2 Å². The highest BCUT2D eigenvalue weighted by Gasteiger charge is 2.48. The first-order valence-electron chi connectivity index (χ1n) is 11.8. The van der Waals surface area contributed by atoms with Crippen molar-refractivity contribution in [3.05, 3.63) is 41.2 Å². The van der Waals surface area contributed by atoms with E-state index in [1.54, 1.807) is 17.9 Å². The van der Waals surface area contributed by atoms with E-state index >= 15 is 0 Å². The first-order chi connectivity index (χ1) is 16.4. The summed E-state index contributed by atoms with van der Waals surface area (Å²) < 4.78 is 12.2. The summed E-state index contributed by atoms with van der Waals surface area (Å²) in [6, 6.07) is 7.11. The number of benzene rings is 1. The van der Waals surface area contributed by atoms with Crippen molar-refractivity contribution in [1.82, 2.24) is 25.3 Å². The second-order valence-corrected chi connectivity index (χ2v) is 9.22. The number of nitrogens with zero attached hydrogens (tertiary/aromatic N) is 3. The zero-order chi connectivity index (χ0) is 23.9. The molecule has 1 aliphatic carbocycles. The third-order valence-electron chi connectivity index (χ3n) is 6.92. The average molecular weight is 468 g/mol. The summed E-state index contributed by atoms with van der Waals surface area (Å²) in [7, 11) is 0. The second kappa shape index (κ2) is 8.66. The maximum atomic E-state index is 13.3. The van der Waals surface area contributed by atoms with E-state index in [1.807, 2.05) is 19.1 Å². The van der Waals surface area contributed by atoms with Gasteiger partial charge in [-0.2, -0.15) is 5.10 Å². The fourth-order valence-corrected chi connectivity index (χ4v) is 4.98. The van der Waals surface area contributed by atoms with Crippen LogP contribution in [0.1, 0.15) is 66.1 Å². The molecule has 1 aromatic carbocycles. The highest BCUT2D eigenvalue weighted by atomic mass is 16.7. The molecule has 180 valence electrons. The van der Waals surface area contributed by atoms with Crippen molar-refractivity contribution in [2.24, 2.45) is 0 Å². The molecule has 2 aliphatic heterocycles. The van der Waals surface area contributed by atoms with Crippen LogP contribution in [-0.2, 0) is 17.9 Å². The number of carbonyl (C=O) groups is 3. The van der Waals surface area contributed by atoms with Gasteiger partial charge in [-0.15, -0.1) is 0 Å². The third kappa shape index (κ3) is 3.86. The number of likely N-dealkylation sites (N-methyl/N-ethyl adjacent to an activating group) is 1. The van der Waals surface area contributed by atoms with Crippen molar-refractivity contribution in [1.29, 1.82) is 0 Å². The van der Waals surface area contributed by atoms with Crippen molar-refractivity contribution in [3.63, 3.8) is 0 Å². The molecular weight excluding hydrogens is 438 g/mol. The molecular formula is C24H29N5O5. The van der Waals surface area contributed by atoms with Crippen molar-refractivity contribution in [2.75, 3.05) is 13.3 Å². The fourth-order valence-electron chi connectivity index (χ4n) is 4.98. The van der Waals surface area contributed by atoms with Gasteiger partial charge in [-0.25, -0.2) is 0 Å². The molecule has 3 amide bonds. The van der Waals surface area contributed by atoms with Crippen LogP contribution in [-0.4, -0.2) is 57.3 Å². The summed E-state index contributed by atoms with van der Waals surface area (Å²) in [5.74, 6) is 0.442. The molecule has 0 spiro atoms. The molecule has 0 bridgehead atoms. The molecule has 10 nitrogen and oxygen atoms in total. The Bertz CT molecular complexity index is 1140. The number of ether oxygens (including phenoxy) is 2. The second-order valence-electron chi connectivity index (χ2n) is 9.22. The Balaban J connectivity index is 1.31. The standard InChI is InChI=1S/C24H29N5O5/c1-3-28-22(31)18-11-17(21(30)25-12-15-8-9-19-20(10-15)34-14-33-19)27-29(18)13-24(28,2)23(32)26-16-6-4-5-7-16/h8-11,16H,3-7,12-14H2,1-2H3,(H,25,30)(H,26,32)/t24-/m0/s1. The van der Waals surface area contributed by atoms with Crippen LogP contribution >= 0.6 is 0 Å². The van der Waals surface area contributed by atoms with Gasteiger partial charge in [-0.1, -0.05) is 18.9 Å². The molecule has 1 atom stereocenters. The van der Waals surface area contributed by atoms with E-state index in [9.17, 15) is 14.4 Å². The zero-order valence-corrected chi connectivity index (χ0v) is 19.4. The molecule has 10 heteroatoms. The van der Waals surface area contributed by atoms with Gasteiger partial charge in [0.25, 0.3) is 11.8 Å². The van der Waals surface area contributed by atoms with Gasteiger partial charge >= 0.3 is 0 Å². The van der Waals surface area contributed by atoms with Crippen LogP contribution in [0.2, 0.25) is 0 Å². The lowest BCUT2D eigenvalue weighted by atomic mass is 9.94. The number of carbonyl (C=O) groups excluding carboxylic acids is 3. The zero-order valence-electron chi connectivity index (χ0n) is 19.4. The lowest BCUT2D eigenvalue weighted by molar-refractivity contribution is -0.133. The highest BCUT2D eigenvalue weighted by molar-refractivity contribution is 6.01. The predicted molar refractivity (Wildman–Crippen MR) is 121 cm³/mol. The Hall–Kier alpha value is -3.56.